The highest BCUT2D eigenvalue weighted by molar-refractivity contribution is 5.67. The third-order valence-corrected chi connectivity index (χ3v) is 7.18. The average molecular weight is 535 g/mol. The van der Waals surface area contributed by atoms with E-state index >= 15 is 0 Å². The quantitative estimate of drug-likeness (QED) is 0.187. The normalized spacial score (nSPS) is 28.8. The van der Waals surface area contributed by atoms with E-state index in [2.05, 4.69) is 13.5 Å². The maximum absolute atomic E-state index is 12.1. The van der Waals surface area contributed by atoms with Crippen LogP contribution in [0, 0.1) is 11.8 Å². The van der Waals surface area contributed by atoms with E-state index in [1.807, 2.05) is 0 Å². The molecule has 210 valence electrons. The van der Waals surface area contributed by atoms with Crippen LogP contribution in [0.5, 0.6) is 0 Å². The molecule has 2 aliphatic heterocycles. The molecule has 10 nitrogen and oxygen atoms in total. The molecule has 0 aromatic carbocycles. The summed E-state index contributed by atoms with van der Waals surface area (Å²) in [6.45, 7) is 11.5. The van der Waals surface area contributed by atoms with Crippen LogP contribution < -0.4 is 0 Å². The number of fused-ring (bicyclic) bond motifs is 2. The van der Waals surface area contributed by atoms with E-state index in [0.717, 1.165) is 24.0 Å². The van der Waals surface area contributed by atoms with Gasteiger partial charge in [-0.1, -0.05) is 18.2 Å². The summed E-state index contributed by atoms with van der Waals surface area (Å²) in [6.07, 6.45) is 5.01. The Kier molecular flexibility index (Phi) is 9.76. The van der Waals surface area contributed by atoms with Crippen LogP contribution in [0.15, 0.2) is 35.6 Å². The third-order valence-electron chi connectivity index (χ3n) is 7.18. The molecule has 0 aromatic heterocycles. The Bertz CT molecular complexity index is 991. The van der Waals surface area contributed by atoms with Gasteiger partial charge in [-0.05, 0) is 32.6 Å². The molecule has 0 N–H and O–H groups in total. The van der Waals surface area contributed by atoms with E-state index in [1.54, 1.807) is 6.08 Å². The van der Waals surface area contributed by atoms with Crippen molar-refractivity contribution in [1.29, 1.82) is 0 Å². The van der Waals surface area contributed by atoms with Gasteiger partial charge in [-0.2, -0.15) is 0 Å². The van der Waals surface area contributed by atoms with E-state index in [4.69, 9.17) is 28.4 Å². The Labute approximate surface area is 223 Å². The van der Waals surface area contributed by atoms with Gasteiger partial charge in [0, 0.05) is 51.2 Å². The molecule has 10 heteroatoms. The molecule has 1 saturated heterocycles. The van der Waals surface area contributed by atoms with E-state index in [1.165, 1.54) is 34.0 Å². The highest BCUT2D eigenvalue weighted by Gasteiger charge is 2.54. The fourth-order valence-corrected chi connectivity index (χ4v) is 5.19. The molecule has 0 spiro atoms. The number of esters is 4. The molecular weight excluding hydrogens is 496 g/mol. The lowest BCUT2D eigenvalue weighted by Crippen LogP contribution is -2.41. The number of hydrogen-bond acceptors (Lipinski definition) is 10. The lowest BCUT2D eigenvalue weighted by atomic mass is 9.74. The van der Waals surface area contributed by atoms with Gasteiger partial charge in [-0.25, -0.2) is 0 Å². The van der Waals surface area contributed by atoms with Crippen LogP contribution in [0.25, 0.3) is 0 Å². The predicted octanol–water partition coefficient (Wildman–Crippen LogP) is 3.68. The van der Waals surface area contributed by atoms with Crippen LogP contribution in [-0.4, -0.2) is 61.2 Å². The van der Waals surface area contributed by atoms with Gasteiger partial charge in [0.2, 0.25) is 6.29 Å². The fraction of sp³-hybridized carbons (Fsp3) is 0.643. The first kappa shape index (κ1) is 29.4. The summed E-state index contributed by atoms with van der Waals surface area (Å²) in [5.41, 5.74) is 1.93. The van der Waals surface area contributed by atoms with Gasteiger partial charge in [-0.3, -0.25) is 19.2 Å². The molecule has 0 aromatic rings. The molecular formula is C28H38O10. The van der Waals surface area contributed by atoms with Crippen molar-refractivity contribution in [3.8, 4) is 0 Å². The summed E-state index contributed by atoms with van der Waals surface area (Å²) in [5, 5.41) is 0. The predicted molar refractivity (Wildman–Crippen MR) is 134 cm³/mol. The minimum atomic E-state index is -0.839. The fourth-order valence-electron chi connectivity index (χ4n) is 5.19. The molecule has 3 aliphatic rings. The zero-order valence-electron chi connectivity index (χ0n) is 22.8. The zero-order chi connectivity index (χ0) is 28.0. The monoisotopic (exact) mass is 534 g/mol. The molecule has 2 heterocycles. The molecule has 2 fully saturated rings. The second-order valence-corrected chi connectivity index (χ2v) is 10.3. The van der Waals surface area contributed by atoms with Crippen molar-refractivity contribution in [2.45, 2.75) is 90.8 Å². The number of ether oxygens (including phenoxy) is 6. The maximum Gasteiger partial charge on any atom is 0.305 e. The standard InChI is InChI=1S/C28H38O10/c1-16-7-10-25-28(6,38-25)12-11-22-23(15-35-27(26(16)22)37-20(5)32)24(36-19(4)31)9-8-21(13-33-17(2)29)14-34-18(3)30/h8,15,22,24-27H,1,7,9-14H2,2-6H3/t22-,24+,25-,26+,27-,28+/m1/s1. The Morgan fingerprint density at radius 1 is 1.05 bits per heavy atom. The highest BCUT2D eigenvalue weighted by atomic mass is 16.7. The molecule has 0 radical (unpaired) electrons. The first-order valence-corrected chi connectivity index (χ1v) is 12.9. The van der Waals surface area contributed by atoms with Crippen molar-refractivity contribution < 1.29 is 47.6 Å². The van der Waals surface area contributed by atoms with Crippen molar-refractivity contribution in [2.24, 2.45) is 11.8 Å². The van der Waals surface area contributed by atoms with Crippen molar-refractivity contribution in [2.75, 3.05) is 13.2 Å². The Hall–Kier alpha value is -3.14. The molecule has 1 aliphatic carbocycles. The van der Waals surface area contributed by atoms with E-state index in [-0.39, 0.29) is 43.2 Å². The van der Waals surface area contributed by atoms with Crippen molar-refractivity contribution in [1.82, 2.24) is 0 Å². The van der Waals surface area contributed by atoms with Crippen molar-refractivity contribution in [3.63, 3.8) is 0 Å². The zero-order valence-corrected chi connectivity index (χ0v) is 22.8. The molecule has 0 bridgehead atoms. The Morgan fingerprint density at radius 3 is 2.29 bits per heavy atom. The van der Waals surface area contributed by atoms with Crippen LogP contribution in [0.3, 0.4) is 0 Å². The average Bonchev–Trinajstić information content (AvgIpc) is 3.47. The topological polar surface area (TPSA) is 127 Å². The number of epoxide rings is 1. The van der Waals surface area contributed by atoms with Gasteiger partial charge in [0.15, 0.2) is 0 Å². The van der Waals surface area contributed by atoms with Gasteiger partial charge in [-0.15, -0.1) is 0 Å². The summed E-state index contributed by atoms with van der Waals surface area (Å²) >= 11 is 0. The second kappa shape index (κ2) is 12.6. The molecule has 6 atom stereocenters. The van der Waals surface area contributed by atoms with Crippen LogP contribution in [0.4, 0.5) is 0 Å². The van der Waals surface area contributed by atoms with Gasteiger partial charge >= 0.3 is 23.9 Å². The second-order valence-electron chi connectivity index (χ2n) is 10.3. The SMILES string of the molecule is C=C1CC[C@H]2O[C@@]2(C)CC[C@@H]2C([C@H](CC=C(COC(C)=O)COC(C)=O)OC(C)=O)=CO[C@H](OC(C)=O)[C@@H]12. The van der Waals surface area contributed by atoms with Gasteiger partial charge in [0.05, 0.1) is 23.9 Å². The van der Waals surface area contributed by atoms with E-state index in [0.29, 0.717) is 18.4 Å². The summed E-state index contributed by atoms with van der Waals surface area (Å²) in [5.74, 6) is -2.42. The third kappa shape index (κ3) is 7.93. The maximum atomic E-state index is 12.1. The van der Waals surface area contributed by atoms with Crippen LogP contribution in [-0.2, 0) is 47.6 Å². The molecule has 0 unspecified atom stereocenters. The van der Waals surface area contributed by atoms with E-state index in [9.17, 15) is 19.2 Å². The summed E-state index contributed by atoms with van der Waals surface area (Å²) in [6, 6.07) is 0. The Morgan fingerprint density at radius 2 is 1.71 bits per heavy atom. The van der Waals surface area contributed by atoms with Crippen LogP contribution in [0.2, 0.25) is 0 Å². The summed E-state index contributed by atoms with van der Waals surface area (Å²) in [7, 11) is 0. The lowest BCUT2D eigenvalue weighted by molar-refractivity contribution is -0.181. The largest absolute Gasteiger partial charge is 0.462 e. The number of carbonyl (C=O) groups is 4. The Balaban J connectivity index is 1.93. The number of carbonyl (C=O) groups excluding carboxylic acids is 4. The lowest BCUT2D eigenvalue weighted by Gasteiger charge is -2.40. The van der Waals surface area contributed by atoms with Crippen LogP contribution in [0.1, 0.15) is 66.7 Å². The van der Waals surface area contributed by atoms with Gasteiger partial charge in [0.1, 0.15) is 19.3 Å². The first-order chi connectivity index (χ1) is 17.9. The summed E-state index contributed by atoms with van der Waals surface area (Å²) in [4.78, 5) is 46.7. The molecule has 0 amide bonds. The van der Waals surface area contributed by atoms with Gasteiger partial charge in [0.25, 0.3) is 0 Å². The first-order valence-electron chi connectivity index (χ1n) is 12.9. The highest BCUT2D eigenvalue weighted by Crippen LogP contribution is 2.50. The minimum Gasteiger partial charge on any atom is -0.462 e. The smallest absolute Gasteiger partial charge is 0.305 e. The number of hydrogen-bond donors (Lipinski definition) is 0. The van der Waals surface area contributed by atoms with Crippen molar-refractivity contribution >= 4 is 23.9 Å². The van der Waals surface area contributed by atoms with E-state index < -0.39 is 36.3 Å². The van der Waals surface area contributed by atoms with Crippen molar-refractivity contribution in [3.05, 3.63) is 35.6 Å². The molecule has 38 heavy (non-hydrogen) atoms. The molecule has 3 rings (SSSR count). The molecule has 1 saturated carbocycles. The summed E-state index contributed by atoms with van der Waals surface area (Å²) < 4.78 is 33.4. The number of rotatable bonds is 9. The van der Waals surface area contributed by atoms with Gasteiger partial charge < -0.3 is 28.4 Å². The van der Waals surface area contributed by atoms with Crippen LogP contribution >= 0.6 is 0 Å². The minimum absolute atomic E-state index is 0.0700.